The highest BCUT2D eigenvalue weighted by Gasteiger charge is 2.10. The summed E-state index contributed by atoms with van der Waals surface area (Å²) < 4.78 is 13.7. The molecule has 1 nitrogen and oxygen atoms in total. The fourth-order valence-corrected chi connectivity index (χ4v) is 2.15. The van der Waals surface area contributed by atoms with Crippen molar-refractivity contribution in [1.29, 1.82) is 0 Å². The van der Waals surface area contributed by atoms with Crippen LogP contribution in [0.3, 0.4) is 0 Å². The van der Waals surface area contributed by atoms with Crippen molar-refractivity contribution in [3.8, 4) is 0 Å². The third-order valence-corrected chi connectivity index (χ3v) is 2.86. The van der Waals surface area contributed by atoms with E-state index in [1.807, 2.05) is 0 Å². The molecule has 0 saturated heterocycles. The first-order valence-electron chi connectivity index (χ1n) is 2.62. The monoisotopic (exact) mass is 301 g/mol. The fraction of sp³-hybridized carbons (Fsp3) is 0. The molecule has 0 radical (unpaired) electrons. The summed E-state index contributed by atoms with van der Waals surface area (Å²) in [5, 5.41) is 0.0398. The van der Waals surface area contributed by atoms with Crippen molar-refractivity contribution >= 4 is 49.1 Å². The molecule has 0 aliphatic rings. The lowest BCUT2D eigenvalue weighted by atomic mass is 10.3. The van der Waals surface area contributed by atoms with Crippen LogP contribution in [0, 0.1) is 5.82 Å². The van der Waals surface area contributed by atoms with Crippen molar-refractivity contribution in [3.63, 3.8) is 0 Å². The molecule has 1 rings (SSSR count). The highest BCUT2D eigenvalue weighted by Crippen LogP contribution is 2.34. The summed E-state index contributed by atoms with van der Waals surface area (Å²) in [7, 11) is 0. The maximum absolute atomic E-state index is 12.9. The minimum Gasteiger partial charge on any atom is -0.397 e. The van der Waals surface area contributed by atoms with E-state index >= 15 is 0 Å². The number of halogens is 4. The number of nitrogens with two attached hydrogens (primary N) is 1. The highest BCUT2D eigenvalue weighted by atomic mass is 79.9. The van der Waals surface area contributed by atoms with Gasteiger partial charge in [0.15, 0.2) is 5.82 Å². The summed E-state index contributed by atoms with van der Waals surface area (Å²) in [6.45, 7) is 0. The summed E-state index contributed by atoms with van der Waals surface area (Å²) in [5.41, 5.74) is 5.77. The van der Waals surface area contributed by atoms with E-state index in [0.29, 0.717) is 10.2 Å². The lowest BCUT2D eigenvalue weighted by Gasteiger charge is -2.03. The molecule has 60 valence electrons. The van der Waals surface area contributed by atoms with E-state index in [1.54, 1.807) is 0 Å². The number of nitrogen functional groups attached to an aromatic ring is 1. The van der Waals surface area contributed by atoms with Crippen LogP contribution < -0.4 is 5.73 Å². The zero-order valence-corrected chi connectivity index (χ0v) is 9.09. The Hall–Kier alpha value is 0.200. The second-order valence-electron chi connectivity index (χ2n) is 1.88. The minimum atomic E-state index is -0.535. The lowest BCUT2D eigenvalue weighted by molar-refractivity contribution is 0.622. The summed E-state index contributed by atoms with van der Waals surface area (Å²) >= 11 is 11.6. The first-order chi connectivity index (χ1) is 5.04. The average Bonchev–Trinajstić information content (AvgIpc) is 1.97. The molecule has 2 N–H and O–H groups in total. The molecule has 0 aliphatic carbocycles. The lowest BCUT2D eigenvalue weighted by Crippen LogP contribution is -1.91. The molecule has 5 heteroatoms. The van der Waals surface area contributed by atoms with Crippen molar-refractivity contribution in [2.45, 2.75) is 0 Å². The number of hydrogen-bond donors (Lipinski definition) is 1. The molecule has 0 aliphatic heterocycles. The maximum atomic E-state index is 12.9. The predicted octanol–water partition coefficient (Wildman–Crippen LogP) is 3.59. The van der Waals surface area contributed by atoms with Gasteiger partial charge in [-0.3, -0.25) is 0 Å². The van der Waals surface area contributed by atoms with Crippen molar-refractivity contribution in [2.75, 3.05) is 5.73 Å². The third-order valence-electron chi connectivity index (χ3n) is 1.15. The first kappa shape index (κ1) is 9.29. The Morgan fingerprint density at radius 3 is 2.55 bits per heavy atom. The van der Waals surface area contributed by atoms with Gasteiger partial charge in [0.2, 0.25) is 0 Å². The van der Waals surface area contributed by atoms with Crippen LogP contribution >= 0.6 is 43.5 Å². The SMILES string of the molecule is Nc1c(Br)cc(Cl)c(F)c1Br. The second-order valence-corrected chi connectivity index (χ2v) is 3.94. The van der Waals surface area contributed by atoms with Gasteiger partial charge in [-0.15, -0.1) is 0 Å². The first-order valence-corrected chi connectivity index (χ1v) is 4.59. The van der Waals surface area contributed by atoms with Crippen molar-refractivity contribution in [3.05, 3.63) is 25.9 Å². The van der Waals surface area contributed by atoms with Gasteiger partial charge in [0, 0.05) is 4.47 Å². The highest BCUT2D eigenvalue weighted by molar-refractivity contribution is 9.11. The third kappa shape index (κ3) is 1.68. The molecule has 0 heterocycles. The normalized spacial score (nSPS) is 10.2. The molecular formula is C6H3Br2ClFN. The van der Waals surface area contributed by atoms with Crippen LogP contribution in [0.4, 0.5) is 10.1 Å². The Bertz CT molecular complexity index is 277. The van der Waals surface area contributed by atoms with E-state index in [9.17, 15) is 4.39 Å². The predicted molar refractivity (Wildman–Crippen MR) is 51.2 cm³/mol. The molecule has 0 atom stereocenters. The molecule has 1 aromatic rings. The molecule has 0 unspecified atom stereocenters. The summed E-state index contributed by atoms with van der Waals surface area (Å²) in [4.78, 5) is 0. The standard InChI is InChI=1S/C6H3Br2ClFN/c7-2-1-3(9)5(10)4(8)6(2)11/h1H,11H2. The van der Waals surface area contributed by atoms with Crippen LogP contribution in [0.15, 0.2) is 15.0 Å². The van der Waals surface area contributed by atoms with Crippen molar-refractivity contribution in [1.82, 2.24) is 0 Å². The number of anilines is 1. The van der Waals surface area contributed by atoms with Gasteiger partial charge in [0.1, 0.15) is 0 Å². The van der Waals surface area contributed by atoms with Gasteiger partial charge in [0.25, 0.3) is 0 Å². The molecule has 0 bridgehead atoms. The van der Waals surface area contributed by atoms with Gasteiger partial charge in [-0.05, 0) is 37.9 Å². The fourth-order valence-electron chi connectivity index (χ4n) is 0.580. The van der Waals surface area contributed by atoms with Crippen molar-refractivity contribution in [2.24, 2.45) is 0 Å². The topological polar surface area (TPSA) is 26.0 Å². The van der Waals surface area contributed by atoms with E-state index in [2.05, 4.69) is 31.9 Å². The maximum Gasteiger partial charge on any atom is 0.158 e. The van der Waals surface area contributed by atoms with Crippen LogP contribution in [0.2, 0.25) is 5.02 Å². The molecule has 1 aromatic carbocycles. The smallest absolute Gasteiger partial charge is 0.158 e. The molecule has 0 spiro atoms. The average molecular weight is 303 g/mol. The van der Waals surface area contributed by atoms with Gasteiger partial charge in [-0.25, -0.2) is 4.39 Å². The molecule has 0 fully saturated rings. The number of hydrogen-bond acceptors (Lipinski definition) is 1. The largest absolute Gasteiger partial charge is 0.397 e. The molecule has 0 saturated carbocycles. The van der Waals surface area contributed by atoms with Gasteiger partial charge < -0.3 is 5.73 Å². The number of rotatable bonds is 0. The molecule has 11 heavy (non-hydrogen) atoms. The summed E-state index contributed by atoms with van der Waals surface area (Å²) in [6.07, 6.45) is 0. The van der Waals surface area contributed by atoms with Crippen LogP contribution in [-0.4, -0.2) is 0 Å². The van der Waals surface area contributed by atoms with Gasteiger partial charge in [-0.1, -0.05) is 11.6 Å². The molecule has 0 amide bonds. The van der Waals surface area contributed by atoms with Crippen molar-refractivity contribution < 1.29 is 4.39 Å². The molecule has 0 aromatic heterocycles. The minimum absolute atomic E-state index is 0.0398. The van der Waals surface area contributed by atoms with Crippen LogP contribution in [0.25, 0.3) is 0 Å². The Labute approximate surface area is 85.0 Å². The van der Waals surface area contributed by atoms with Gasteiger partial charge in [0.05, 0.1) is 15.2 Å². The van der Waals surface area contributed by atoms with E-state index in [4.69, 9.17) is 17.3 Å². The second kappa shape index (κ2) is 3.29. The Morgan fingerprint density at radius 2 is 2.00 bits per heavy atom. The van der Waals surface area contributed by atoms with Crippen LogP contribution in [0.1, 0.15) is 0 Å². The van der Waals surface area contributed by atoms with E-state index in [-0.39, 0.29) is 9.50 Å². The summed E-state index contributed by atoms with van der Waals surface area (Å²) in [5.74, 6) is -0.535. The van der Waals surface area contributed by atoms with E-state index in [1.165, 1.54) is 6.07 Å². The van der Waals surface area contributed by atoms with E-state index in [0.717, 1.165) is 0 Å². The quantitative estimate of drug-likeness (QED) is 0.442. The van der Waals surface area contributed by atoms with E-state index < -0.39 is 5.82 Å². The van der Waals surface area contributed by atoms with Crippen LogP contribution in [0.5, 0.6) is 0 Å². The van der Waals surface area contributed by atoms with Crippen LogP contribution in [-0.2, 0) is 0 Å². The number of benzene rings is 1. The Morgan fingerprint density at radius 1 is 1.45 bits per heavy atom. The summed E-state index contributed by atoms with van der Waals surface area (Å²) in [6, 6.07) is 1.41. The van der Waals surface area contributed by atoms with Gasteiger partial charge in [-0.2, -0.15) is 0 Å². The Kier molecular flexibility index (Phi) is 2.78. The Balaban J connectivity index is 3.46. The zero-order chi connectivity index (χ0) is 8.59. The molecular weight excluding hydrogens is 300 g/mol. The van der Waals surface area contributed by atoms with Gasteiger partial charge >= 0.3 is 0 Å². The zero-order valence-electron chi connectivity index (χ0n) is 5.17.